The third-order valence-corrected chi connectivity index (χ3v) is 4.28. The highest BCUT2D eigenvalue weighted by atomic mass is 16.4. The highest BCUT2D eigenvalue weighted by Crippen LogP contribution is 2.22. The van der Waals surface area contributed by atoms with Crippen molar-refractivity contribution in [2.45, 2.75) is 46.2 Å². The molecule has 7 nitrogen and oxygen atoms in total. The molecule has 2 N–H and O–H groups in total. The Bertz CT molecular complexity index is 778. The summed E-state index contributed by atoms with van der Waals surface area (Å²) in [5.74, 6) is 1.96. The highest BCUT2D eigenvalue weighted by molar-refractivity contribution is 5.86. The van der Waals surface area contributed by atoms with Crippen molar-refractivity contribution >= 4 is 11.9 Å². The van der Waals surface area contributed by atoms with Crippen LogP contribution in [-0.2, 0) is 23.3 Å². The van der Waals surface area contributed by atoms with E-state index in [2.05, 4.69) is 41.4 Å². The first-order valence-electron chi connectivity index (χ1n) is 9.55. The number of aliphatic imine (C=N–C) groups is 1. The lowest BCUT2D eigenvalue weighted by Crippen LogP contribution is -2.44. The van der Waals surface area contributed by atoms with Crippen LogP contribution in [0.2, 0.25) is 0 Å². The van der Waals surface area contributed by atoms with Crippen LogP contribution in [0, 0.1) is 0 Å². The molecular formula is C21H31N5O2. The molecule has 0 spiro atoms. The lowest BCUT2D eigenvalue weighted by Gasteiger charge is -2.22. The fraction of sp³-hybridized carbons (Fsp3) is 0.476. The quantitative estimate of drug-likeness (QED) is 0.566. The van der Waals surface area contributed by atoms with Crippen molar-refractivity contribution in [3.8, 4) is 0 Å². The minimum absolute atomic E-state index is 0.0143. The topological polar surface area (TPSA) is 82.8 Å². The zero-order valence-corrected chi connectivity index (χ0v) is 17.5. The Hall–Kier alpha value is -2.83. The maximum atomic E-state index is 12.5. The number of hydrogen-bond acceptors (Lipinski definition) is 4. The van der Waals surface area contributed by atoms with E-state index in [-0.39, 0.29) is 17.9 Å². The second kappa shape index (κ2) is 9.92. The summed E-state index contributed by atoms with van der Waals surface area (Å²) < 4.78 is 5.76. The van der Waals surface area contributed by atoms with Crippen LogP contribution in [0.25, 0.3) is 0 Å². The van der Waals surface area contributed by atoms with Gasteiger partial charge in [-0.15, -0.1) is 0 Å². The maximum absolute atomic E-state index is 12.5. The molecule has 1 aromatic carbocycles. The molecule has 0 saturated carbocycles. The van der Waals surface area contributed by atoms with E-state index in [0.29, 0.717) is 31.5 Å². The smallest absolute Gasteiger partial charge is 0.242 e. The van der Waals surface area contributed by atoms with Crippen LogP contribution >= 0.6 is 0 Å². The molecule has 28 heavy (non-hydrogen) atoms. The molecule has 0 atom stereocenters. The SMILES string of the molecule is CCN(Cc1ccccc1)C(=O)CNC(=NC)NCc1ncc(C(C)(C)C)o1. The molecule has 0 aliphatic rings. The van der Waals surface area contributed by atoms with Crippen LogP contribution in [0.4, 0.5) is 0 Å². The van der Waals surface area contributed by atoms with Gasteiger partial charge in [-0.2, -0.15) is 0 Å². The Kier molecular flexibility index (Phi) is 7.61. The van der Waals surface area contributed by atoms with Crippen molar-refractivity contribution in [2.24, 2.45) is 4.99 Å². The number of carbonyl (C=O) groups is 1. The van der Waals surface area contributed by atoms with E-state index in [1.54, 1.807) is 18.1 Å². The molecule has 0 bridgehead atoms. The standard InChI is InChI=1S/C21H31N5O2/c1-6-26(15-16-10-8-7-9-11-16)19(27)14-25-20(22-5)24-13-18-23-12-17(28-18)21(2,3)4/h7-12H,6,13-15H2,1-5H3,(H2,22,24,25). The van der Waals surface area contributed by atoms with Crippen molar-refractivity contribution < 1.29 is 9.21 Å². The van der Waals surface area contributed by atoms with Gasteiger partial charge in [-0.25, -0.2) is 4.98 Å². The van der Waals surface area contributed by atoms with Gasteiger partial charge in [-0.05, 0) is 12.5 Å². The second-order valence-electron chi connectivity index (χ2n) is 7.54. The van der Waals surface area contributed by atoms with E-state index >= 15 is 0 Å². The molecule has 2 rings (SSSR count). The average molecular weight is 386 g/mol. The zero-order chi connectivity index (χ0) is 20.6. The van der Waals surface area contributed by atoms with Gasteiger partial charge < -0.3 is 20.0 Å². The number of likely N-dealkylation sites (N-methyl/N-ethyl adjacent to an activating group) is 1. The molecular weight excluding hydrogens is 354 g/mol. The lowest BCUT2D eigenvalue weighted by molar-refractivity contribution is -0.130. The molecule has 0 fully saturated rings. The molecule has 7 heteroatoms. The van der Waals surface area contributed by atoms with Crippen molar-refractivity contribution in [2.75, 3.05) is 20.1 Å². The van der Waals surface area contributed by atoms with Crippen LogP contribution in [0.1, 0.15) is 44.9 Å². The Morgan fingerprint density at radius 3 is 2.50 bits per heavy atom. The molecule has 2 aromatic rings. The summed E-state index contributed by atoms with van der Waals surface area (Å²) in [7, 11) is 1.66. The summed E-state index contributed by atoms with van der Waals surface area (Å²) >= 11 is 0. The fourth-order valence-electron chi connectivity index (χ4n) is 2.57. The molecule has 1 heterocycles. The number of carbonyl (C=O) groups excluding carboxylic acids is 1. The number of amides is 1. The van der Waals surface area contributed by atoms with E-state index in [0.717, 1.165) is 11.3 Å². The third-order valence-electron chi connectivity index (χ3n) is 4.28. The predicted molar refractivity (Wildman–Crippen MR) is 111 cm³/mol. The molecule has 0 radical (unpaired) electrons. The number of benzene rings is 1. The van der Waals surface area contributed by atoms with Crippen molar-refractivity contribution in [1.29, 1.82) is 0 Å². The minimum Gasteiger partial charge on any atom is -0.443 e. The minimum atomic E-state index is -0.0834. The normalized spacial score (nSPS) is 12.0. The van der Waals surface area contributed by atoms with Gasteiger partial charge in [0.2, 0.25) is 11.8 Å². The van der Waals surface area contributed by atoms with Gasteiger partial charge in [0.15, 0.2) is 5.96 Å². The van der Waals surface area contributed by atoms with Crippen molar-refractivity contribution in [1.82, 2.24) is 20.5 Å². The lowest BCUT2D eigenvalue weighted by atomic mass is 9.94. The van der Waals surface area contributed by atoms with Gasteiger partial charge in [0.05, 0.1) is 19.3 Å². The number of nitrogens with one attached hydrogen (secondary N) is 2. The molecule has 0 unspecified atom stereocenters. The molecule has 152 valence electrons. The van der Waals surface area contributed by atoms with E-state index in [9.17, 15) is 4.79 Å². The zero-order valence-electron chi connectivity index (χ0n) is 17.5. The Morgan fingerprint density at radius 1 is 1.21 bits per heavy atom. The summed E-state index contributed by atoms with van der Waals surface area (Å²) in [4.78, 5) is 22.8. The fourth-order valence-corrected chi connectivity index (χ4v) is 2.57. The van der Waals surface area contributed by atoms with Crippen LogP contribution in [0.15, 0.2) is 45.9 Å². The highest BCUT2D eigenvalue weighted by Gasteiger charge is 2.19. The predicted octanol–water partition coefficient (Wildman–Crippen LogP) is 2.69. The maximum Gasteiger partial charge on any atom is 0.242 e. The largest absolute Gasteiger partial charge is 0.443 e. The summed E-state index contributed by atoms with van der Waals surface area (Å²) in [6.07, 6.45) is 1.75. The molecule has 1 amide bonds. The summed E-state index contributed by atoms with van der Waals surface area (Å²) in [5, 5.41) is 6.18. The summed E-state index contributed by atoms with van der Waals surface area (Å²) in [6.45, 7) is 10.0. The number of rotatable bonds is 7. The van der Waals surface area contributed by atoms with E-state index in [4.69, 9.17) is 4.42 Å². The Labute approximate surface area is 167 Å². The first-order chi connectivity index (χ1) is 13.3. The first-order valence-corrected chi connectivity index (χ1v) is 9.55. The summed E-state index contributed by atoms with van der Waals surface area (Å²) in [5.41, 5.74) is 1.03. The van der Waals surface area contributed by atoms with Crippen molar-refractivity contribution in [3.05, 3.63) is 53.7 Å². The molecule has 0 aliphatic heterocycles. The third kappa shape index (κ3) is 6.40. The van der Waals surface area contributed by atoms with Crippen molar-refractivity contribution in [3.63, 3.8) is 0 Å². The number of hydrogen-bond donors (Lipinski definition) is 2. The number of aromatic nitrogens is 1. The number of nitrogens with zero attached hydrogens (tertiary/aromatic N) is 3. The van der Waals surface area contributed by atoms with Crippen LogP contribution in [0.3, 0.4) is 0 Å². The molecule has 1 aromatic heterocycles. The number of oxazole rings is 1. The van der Waals surface area contributed by atoms with Gasteiger partial charge in [0.25, 0.3) is 0 Å². The number of guanidine groups is 1. The Balaban J connectivity index is 1.83. The van der Waals surface area contributed by atoms with E-state index < -0.39 is 0 Å². The molecule has 0 aliphatic carbocycles. The monoisotopic (exact) mass is 385 g/mol. The van der Waals surface area contributed by atoms with Crippen LogP contribution in [0.5, 0.6) is 0 Å². The van der Waals surface area contributed by atoms with Gasteiger partial charge in [0.1, 0.15) is 5.76 Å². The van der Waals surface area contributed by atoms with Gasteiger partial charge in [-0.1, -0.05) is 51.1 Å². The van der Waals surface area contributed by atoms with Gasteiger partial charge >= 0.3 is 0 Å². The van der Waals surface area contributed by atoms with Gasteiger partial charge in [-0.3, -0.25) is 9.79 Å². The van der Waals surface area contributed by atoms with Crippen LogP contribution in [-0.4, -0.2) is 41.9 Å². The van der Waals surface area contributed by atoms with E-state index in [1.807, 2.05) is 37.3 Å². The van der Waals surface area contributed by atoms with E-state index in [1.165, 1.54) is 0 Å². The summed E-state index contributed by atoms with van der Waals surface area (Å²) in [6, 6.07) is 9.96. The Morgan fingerprint density at radius 2 is 1.93 bits per heavy atom. The second-order valence-corrected chi connectivity index (χ2v) is 7.54. The first kappa shape index (κ1) is 21.5. The molecule has 0 saturated heterocycles. The van der Waals surface area contributed by atoms with Gasteiger partial charge in [0, 0.05) is 25.6 Å². The van der Waals surface area contributed by atoms with Crippen LogP contribution < -0.4 is 10.6 Å². The average Bonchev–Trinajstić information content (AvgIpc) is 3.16.